The van der Waals surface area contributed by atoms with Crippen LogP contribution in [-0.2, 0) is 6.42 Å². The van der Waals surface area contributed by atoms with Gasteiger partial charge in [0.15, 0.2) is 0 Å². The van der Waals surface area contributed by atoms with Gasteiger partial charge in [0.05, 0.1) is 0 Å². The van der Waals surface area contributed by atoms with Crippen LogP contribution in [0, 0.1) is 5.82 Å². The van der Waals surface area contributed by atoms with Crippen LogP contribution < -0.4 is 5.32 Å². The van der Waals surface area contributed by atoms with Gasteiger partial charge in [-0.3, -0.25) is 9.80 Å². The second-order valence-corrected chi connectivity index (χ2v) is 6.44. The largest absolute Gasteiger partial charge is 0.312 e. The fraction of sp³-hybridized carbons (Fsp3) is 0.625. The van der Waals surface area contributed by atoms with Crippen molar-refractivity contribution in [3.8, 4) is 0 Å². The lowest BCUT2D eigenvalue weighted by Crippen LogP contribution is -2.66. The number of benzene rings is 1. The Balaban J connectivity index is 1.75. The number of piperazine rings is 3. The smallest absolute Gasteiger partial charge is 0.127 e. The number of nitrogens with zero attached hydrogens (tertiary/aromatic N) is 2. The van der Waals surface area contributed by atoms with Gasteiger partial charge in [0, 0.05) is 49.8 Å². The Morgan fingerprint density at radius 3 is 2.67 bits per heavy atom. The first-order valence-electron chi connectivity index (χ1n) is 7.81. The molecule has 2 atom stereocenters. The maximum absolute atomic E-state index is 14.1. The number of fused-ring (bicyclic) bond motifs is 3. The molecule has 3 aliphatic heterocycles. The Kier molecular flexibility index (Phi) is 4.79. The molecule has 1 aromatic rings. The SMILES string of the molecule is CCNC(Cc1ccc(Cl)cc1F)C1CN2CCN1CC2. The normalized spacial score (nSPS) is 29.6. The third kappa shape index (κ3) is 3.39. The van der Waals surface area contributed by atoms with Crippen LogP contribution in [0.4, 0.5) is 4.39 Å². The van der Waals surface area contributed by atoms with E-state index in [1.807, 2.05) is 6.07 Å². The highest BCUT2D eigenvalue weighted by Crippen LogP contribution is 2.22. The molecule has 21 heavy (non-hydrogen) atoms. The molecular formula is C16H23ClFN3. The maximum atomic E-state index is 14.1. The fourth-order valence-corrected chi connectivity index (χ4v) is 3.73. The minimum absolute atomic E-state index is 0.193. The maximum Gasteiger partial charge on any atom is 0.127 e. The molecule has 0 saturated carbocycles. The molecule has 1 aromatic carbocycles. The highest BCUT2D eigenvalue weighted by atomic mass is 35.5. The molecule has 0 aliphatic carbocycles. The molecule has 3 saturated heterocycles. The van der Waals surface area contributed by atoms with Gasteiger partial charge in [-0.25, -0.2) is 4.39 Å². The van der Waals surface area contributed by atoms with E-state index in [9.17, 15) is 4.39 Å². The number of rotatable bonds is 5. The molecule has 0 aromatic heterocycles. The highest BCUT2D eigenvalue weighted by molar-refractivity contribution is 6.30. The summed E-state index contributed by atoms with van der Waals surface area (Å²) in [5.41, 5.74) is 0.753. The molecule has 5 heteroatoms. The Morgan fingerprint density at radius 1 is 1.33 bits per heavy atom. The van der Waals surface area contributed by atoms with Crippen LogP contribution in [0.15, 0.2) is 18.2 Å². The lowest BCUT2D eigenvalue weighted by Gasteiger charge is -2.50. The molecular weight excluding hydrogens is 289 g/mol. The summed E-state index contributed by atoms with van der Waals surface area (Å²) in [6.07, 6.45) is 0.714. The van der Waals surface area contributed by atoms with Crippen LogP contribution in [0.25, 0.3) is 0 Å². The number of hydrogen-bond donors (Lipinski definition) is 1. The summed E-state index contributed by atoms with van der Waals surface area (Å²) in [6, 6.07) is 5.77. The highest BCUT2D eigenvalue weighted by Gasteiger charge is 2.36. The van der Waals surface area contributed by atoms with Crippen LogP contribution in [0.2, 0.25) is 5.02 Å². The van der Waals surface area contributed by atoms with Crippen molar-refractivity contribution in [2.45, 2.75) is 25.4 Å². The van der Waals surface area contributed by atoms with Gasteiger partial charge in [-0.1, -0.05) is 24.6 Å². The first-order chi connectivity index (χ1) is 10.2. The second kappa shape index (κ2) is 6.61. The Hall–Kier alpha value is -0.680. The minimum Gasteiger partial charge on any atom is -0.312 e. The van der Waals surface area contributed by atoms with E-state index in [-0.39, 0.29) is 11.9 Å². The molecule has 4 rings (SSSR count). The van der Waals surface area contributed by atoms with Crippen molar-refractivity contribution in [3.63, 3.8) is 0 Å². The van der Waals surface area contributed by atoms with Gasteiger partial charge in [0.25, 0.3) is 0 Å². The number of likely N-dealkylation sites (N-methyl/N-ethyl adjacent to an activating group) is 1. The van der Waals surface area contributed by atoms with E-state index in [1.165, 1.54) is 19.2 Å². The van der Waals surface area contributed by atoms with E-state index in [2.05, 4.69) is 22.0 Å². The summed E-state index contributed by atoms with van der Waals surface area (Å²) in [7, 11) is 0. The Morgan fingerprint density at radius 2 is 2.10 bits per heavy atom. The van der Waals surface area contributed by atoms with Crippen LogP contribution >= 0.6 is 11.6 Å². The molecule has 2 bridgehead atoms. The van der Waals surface area contributed by atoms with Crippen LogP contribution in [0.5, 0.6) is 0 Å². The summed E-state index contributed by atoms with van der Waals surface area (Å²) in [5, 5.41) is 4.02. The standard InChI is InChI=1S/C16H23ClFN3/c1-2-19-15(9-12-3-4-13(17)10-14(12)18)16-11-20-5-7-21(16)8-6-20/h3-4,10,15-16,19H,2,5-9,11H2,1H3. The zero-order valence-corrected chi connectivity index (χ0v) is 13.2. The van der Waals surface area contributed by atoms with E-state index >= 15 is 0 Å². The molecule has 0 amide bonds. The summed E-state index contributed by atoms with van der Waals surface area (Å²) in [6.45, 7) is 8.72. The minimum atomic E-state index is -0.193. The summed E-state index contributed by atoms with van der Waals surface area (Å²) in [5.74, 6) is -0.193. The Bertz CT molecular complexity index is 488. The van der Waals surface area contributed by atoms with Gasteiger partial charge in [0.1, 0.15) is 5.82 Å². The van der Waals surface area contributed by atoms with E-state index in [0.717, 1.165) is 31.7 Å². The van der Waals surface area contributed by atoms with Crippen LogP contribution in [0.3, 0.4) is 0 Å². The van der Waals surface area contributed by atoms with Gasteiger partial charge in [0.2, 0.25) is 0 Å². The summed E-state index contributed by atoms with van der Waals surface area (Å²) >= 11 is 5.84. The average Bonchev–Trinajstić information content (AvgIpc) is 2.50. The third-order valence-corrected chi connectivity index (χ3v) is 4.94. The number of hydrogen-bond acceptors (Lipinski definition) is 3. The zero-order chi connectivity index (χ0) is 14.8. The summed E-state index contributed by atoms with van der Waals surface area (Å²) < 4.78 is 14.1. The summed E-state index contributed by atoms with van der Waals surface area (Å²) in [4.78, 5) is 5.08. The van der Waals surface area contributed by atoms with Gasteiger partial charge in [-0.05, 0) is 30.7 Å². The van der Waals surface area contributed by atoms with E-state index < -0.39 is 0 Å². The monoisotopic (exact) mass is 311 g/mol. The second-order valence-electron chi connectivity index (χ2n) is 6.01. The molecule has 3 heterocycles. The van der Waals surface area contributed by atoms with Crippen LogP contribution in [0.1, 0.15) is 12.5 Å². The van der Waals surface area contributed by atoms with Crippen molar-refractivity contribution in [3.05, 3.63) is 34.6 Å². The lowest BCUT2D eigenvalue weighted by molar-refractivity contribution is -0.00299. The van der Waals surface area contributed by atoms with Gasteiger partial charge < -0.3 is 5.32 Å². The molecule has 116 valence electrons. The number of nitrogens with one attached hydrogen (secondary N) is 1. The van der Waals surface area contributed by atoms with E-state index in [4.69, 9.17) is 11.6 Å². The third-order valence-electron chi connectivity index (χ3n) is 4.71. The van der Waals surface area contributed by atoms with Crippen molar-refractivity contribution in [1.82, 2.24) is 15.1 Å². The predicted octanol–water partition coefficient (Wildman–Crippen LogP) is 2.00. The molecule has 2 unspecified atom stereocenters. The fourth-order valence-electron chi connectivity index (χ4n) is 3.57. The van der Waals surface area contributed by atoms with E-state index in [1.54, 1.807) is 6.07 Å². The molecule has 3 fully saturated rings. The van der Waals surface area contributed by atoms with Crippen molar-refractivity contribution in [2.24, 2.45) is 0 Å². The van der Waals surface area contributed by atoms with Gasteiger partial charge in [-0.15, -0.1) is 0 Å². The van der Waals surface area contributed by atoms with Crippen LogP contribution in [-0.4, -0.2) is 61.2 Å². The molecule has 1 N–H and O–H groups in total. The first-order valence-corrected chi connectivity index (χ1v) is 8.19. The molecule has 3 nitrogen and oxygen atoms in total. The Labute approximate surface area is 131 Å². The predicted molar refractivity (Wildman–Crippen MR) is 84.4 cm³/mol. The van der Waals surface area contributed by atoms with Crippen molar-refractivity contribution in [2.75, 3.05) is 39.3 Å². The van der Waals surface area contributed by atoms with Gasteiger partial charge in [-0.2, -0.15) is 0 Å². The van der Waals surface area contributed by atoms with Crippen molar-refractivity contribution < 1.29 is 4.39 Å². The lowest BCUT2D eigenvalue weighted by atomic mass is 9.94. The number of halogens is 2. The zero-order valence-electron chi connectivity index (χ0n) is 12.5. The van der Waals surface area contributed by atoms with E-state index in [0.29, 0.717) is 17.5 Å². The molecule has 0 radical (unpaired) electrons. The average molecular weight is 312 g/mol. The van der Waals surface area contributed by atoms with Gasteiger partial charge >= 0.3 is 0 Å². The molecule has 3 aliphatic rings. The quantitative estimate of drug-likeness (QED) is 0.897. The van der Waals surface area contributed by atoms with Crippen molar-refractivity contribution >= 4 is 11.6 Å². The topological polar surface area (TPSA) is 18.5 Å². The van der Waals surface area contributed by atoms with Crippen molar-refractivity contribution in [1.29, 1.82) is 0 Å². The first kappa shape index (κ1) is 15.2. The molecule has 0 spiro atoms.